The highest BCUT2D eigenvalue weighted by Crippen LogP contribution is 2.16. The summed E-state index contributed by atoms with van der Waals surface area (Å²) in [5.74, 6) is 1.71. The number of aryl methyl sites for hydroxylation is 1. The zero-order valence-electron chi connectivity index (χ0n) is 13.8. The van der Waals surface area contributed by atoms with Crippen LogP contribution in [0.15, 0.2) is 39.3 Å². The first-order valence-corrected chi connectivity index (χ1v) is 8.83. The fourth-order valence-electron chi connectivity index (χ4n) is 2.01. The van der Waals surface area contributed by atoms with Gasteiger partial charge in [0.1, 0.15) is 12.4 Å². The zero-order valence-corrected chi connectivity index (χ0v) is 14.6. The van der Waals surface area contributed by atoms with Crippen molar-refractivity contribution in [3.8, 4) is 0 Å². The van der Waals surface area contributed by atoms with Crippen LogP contribution in [-0.2, 0) is 17.9 Å². The van der Waals surface area contributed by atoms with Crippen molar-refractivity contribution >= 4 is 17.3 Å². The molecule has 6 heteroatoms. The summed E-state index contributed by atoms with van der Waals surface area (Å²) < 4.78 is 10.8. The lowest BCUT2D eigenvalue weighted by Gasteiger charge is -2.11. The van der Waals surface area contributed by atoms with Crippen molar-refractivity contribution in [1.82, 2.24) is 10.6 Å². The van der Waals surface area contributed by atoms with Crippen LogP contribution in [0.1, 0.15) is 29.5 Å². The number of hydrogen-bond acceptors (Lipinski definition) is 4. The van der Waals surface area contributed by atoms with E-state index in [1.54, 1.807) is 17.6 Å². The van der Waals surface area contributed by atoms with Crippen LogP contribution in [0.5, 0.6) is 0 Å². The van der Waals surface area contributed by atoms with Gasteiger partial charge in [-0.15, -0.1) is 11.3 Å². The molecule has 0 saturated heterocycles. The molecular weight excluding hydrogens is 310 g/mol. The zero-order chi connectivity index (χ0) is 16.3. The lowest BCUT2D eigenvalue weighted by atomic mass is 10.3. The molecule has 0 amide bonds. The molecule has 0 aliphatic rings. The Kier molecular flexibility index (Phi) is 7.69. The minimum atomic E-state index is 0.527. The predicted molar refractivity (Wildman–Crippen MR) is 94.9 cm³/mol. The number of aliphatic imine (C=N–C) groups is 1. The van der Waals surface area contributed by atoms with Crippen LogP contribution >= 0.6 is 11.3 Å². The summed E-state index contributed by atoms with van der Waals surface area (Å²) in [5.41, 5.74) is 1.31. The first-order valence-electron chi connectivity index (χ1n) is 7.95. The van der Waals surface area contributed by atoms with E-state index in [1.165, 1.54) is 10.4 Å². The summed E-state index contributed by atoms with van der Waals surface area (Å²) in [6.07, 6.45) is 2.58. The van der Waals surface area contributed by atoms with Crippen LogP contribution in [0.3, 0.4) is 0 Å². The minimum absolute atomic E-state index is 0.527. The van der Waals surface area contributed by atoms with Gasteiger partial charge in [0.15, 0.2) is 5.96 Å². The summed E-state index contributed by atoms with van der Waals surface area (Å²) in [5, 5.41) is 8.71. The molecule has 0 saturated carbocycles. The van der Waals surface area contributed by atoms with Gasteiger partial charge in [0, 0.05) is 24.6 Å². The van der Waals surface area contributed by atoms with Crippen molar-refractivity contribution in [1.29, 1.82) is 0 Å². The number of nitrogens with one attached hydrogen (secondary N) is 2. The third kappa shape index (κ3) is 6.46. The summed E-state index contributed by atoms with van der Waals surface area (Å²) in [7, 11) is 0. The topological polar surface area (TPSA) is 58.8 Å². The Morgan fingerprint density at radius 3 is 2.96 bits per heavy atom. The molecule has 0 radical (unpaired) electrons. The normalized spacial score (nSPS) is 11.7. The second-order valence-electron chi connectivity index (χ2n) is 5.13. The maximum atomic E-state index is 5.56. The van der Waals surface area contributed by atoms with Crippen LogP contribution in [0.4, 0.5) is 0 Å². The summed E-state index contributed by atoms with van der Waals surface area (Å²) in [4.78, 5) is 5.93. The van der Waals surface area contributed by atoms with Crippen molar-refractivity contribution in [3.05, 3.63) is 46.0 Å². The van der Waals surface area contributed by atoms with Crippen LogP contribution in [-0.4, -0.2) is 25.7 Å². The molecule has 2 aromatic heterocycles. The molecule has 2 aromatic rings. The van der Waals surface area contributed by atoms with Crippen molar-refractivity contribution in [2.24, 2.45) is 4.99 Å². The van der Waals surface area contributed by atoms with Gasteiger partial charge in [0.05, 0.1) is 12.8 Å². The second kappa shape index (κ2) is 10.1. The molecule has 2 rings (SSSR count). The molecule has 0 unspecified atom stereocenters. The van der Waals surface area contributed by atoms with Crippen molar-refractivity contribution < 1.29 is 9.15 Å². The number of hydrogen-bond donors (Lipinski definition) is 2. The second-order valence-corrected chi connectivity index (χ2v) is 6.13. The van der Waals surface area contributed by atoms with Crippen molar-refractivity contribution in [2.45, 2.75) is 33.4 Å². The number of guanidine groups is 1. The Labute approximate surface area is 141 Å². The van der Waals surface area contributed by atoms with Gasteiger partial charge in [-0.1, -0.05) is 0 Å². The number of rotatable bonds is 9. The van der Waals surface area contributed by atoms with Gasteiger partial charge in [-0.3, -0.25) is 0 Å². The first kappa shape index (κ1) is 17.6. The Bertz CT molecular complexity index is 578. The SMILES string of the molecule is CCNC(=NCc1sccc1C)NCCCOCc1ccco1. The van der Waals surface area contributed by atoms with Gasteiger partial charge >= 0.3 is 0 Å². The maximum Gasteiger partial charge on any atom is 0.191 e. The quantitative estimate of drug-likeness (QED) is 0.419. The Balaban J connectivity index is 1.64. The van der Waals surface area contributed by atoms with Crippen molar-refractivity contribution in [3.63, 3.8) is 0 Å². The van der Waals surface area contributed by atoms with Crippen LogP contribution in [0.25, 0.3) is 0 Å². The number of nitrogens with zero attached hydrogens (tertiary/aromatic N) is 1. The van der Waals surface area contributed by atoms with E-state index in [2.05, 4.69) is 40.9 Å². The number of furan rings is 1. The van der Waals surface area contributed by atoms with Crippen LogP contribution in [0, 0.1) is 6.92 Å². The van der Waals surface area contributed by atoms with E-state index in [-0.39, 0.29) is 0 Å². The summed E-state index contributed by atoms with van der Waals surface area (Å²) >= 11 is 1.75. The molecule has 0 aliphatic carbocycles. The first-order chi connectivity index (χ1) is 11.3. The average molecular weight is 335 g/mol. The van der Waals surface area contributed by atoms with Gasteiger partial charge in [0.2, 0.25) is 0 Å². The van der Waals surface area contributed by atoms with E-state index in [1.807, 2.05) is 12.1 Å². The fourth-order valence-corrected chi connectivity index (χ4v) is 2.84. The maximum absolute atomic E-state index is 5.56. The molecule has 2 N–H and O–H groups in total. The van der Waals surface area contributed by atoms with Crippen LogP contribution < -0.4 is 10.6 Å². The van der Waals surface area contributed by atoms with Gasteiger partial charge in [-0.05, 0) is 49.4 Å². The number of thiophene rings is 1. The lowest BCUT2D eigenvalue weighted by molar-refractivity contribution is 0.105. The Hall–Kier alpha value is -1.79. The van der Waals surface area contributed by atoms with Gasteiger partial charge in [0.25, 0.3) is 0 Å². The fraction of sp³-hybridized carbons (Fsp3) is 0.471. The van der Waals surface area contributed by atoms with E-state index in [0.717, 1.165) is 31.2 Å². The minimum Gasteiger partial charge on any atom is -0.467 e. The molecule has 0 atom stereocenters. The van der Waals surface area contributed by atoms with Gasteiger partial charge in [-0.2, -0.15) is 0 Å². The molecule has 2 heterocycles. The molecule has 0 aliphatic heterocycles. The van der Waals surface area contributed by atoms with E-state index in [4.69, 9.17) is 9.15 Å². The molecule has 0 aromatic carbocycles. The van der Waals surface area contributed by atoms with Gasteiger partial charge in [-0.25, -0.2) is 4.99 Å². The molecule has 5 nitrogen and oxygen atoms in total. The molecule has 0 bridgehead atoms. The largest absolute Gasteiger partial charge is 0.467 e. The lowest BCUT2D eigenvalue weighted by Crippen LogP contribution is -2.38. The highest BCUT2D eigenvalue weighted by molar-refractivity contribution is 7.10. The molecular formula is C17H25N3O2S. The highest BCUT2D eigenvalue weighted by atomic mass is 32.1. The van der Waals surface area contributed by atoms with E-state index >= 15 is 0 Å². The number of ether oxygens (including phenoxy) is 1. The van der Waals surface area contributed by atoms with E-state index in [9.17, 15) is 0 Å². The monoisotopic (exact) mass is 335 g/mol. The smallest absolute Gasteiger partial charge is 0.191 e. The molecule has 23 heavy (non-hydrogen) atoms. The Morgan fingerprint density at radius 1 is 1.35 bits per heavy atom. The highest BCUT2D eigenvalue weighted by Gasteiger charge is 2.01. The molecule has 126 valence electrons. The third-order valence-corrected chi connectivity index (χ3v) is 4.28. The molecule has 0 spiro atoms. The summed E-state index contributed by atoms with van der Waals surface area (Å²) in [6.45, 7) is 7.81. The predicted octanol–water partition coefficient (Wildman–Crippen LogP) is 3.31. The van der Waals surface area contributed by atoms with Gasteiger partial charge < -0.3 is 19.8 Å². The standard InChI is InChI=1S/C17H25N3O2S/c1-3-18-17(20-12-16-14(2)7-11-23-16)19-8-5-9-21-13-15-6-4-10-22-15/h4,6-7,10-11H,3,5,8-9,12-13H2,1-2H3,(H2,18,19,20). The summed E-state index contributed by atoms with van der Waals surface area (Å²) in [6, 6.07) is 5.92. The Morgan fingerprint density at radius 2 is 2.26 bits per heavy atom. The van der Waals surface area contributed by atoms with Crippen molar-refractivity contribution in [2.75, 3.05) is 19.7 Å². The third-order valence-electron chi connectivity index (χ3n) is 3.28. The van der Waals surface area contributed by atoms with E-state index < -0.39 is 0 Å². The van der Waals surface area contributed by atoms with Crippen LogP contribution in [0.2, 0.25) is 0 Å². The molecule has 0 fully saturated rings. The average Bonchev–Trinajstić information content (AvgIpc) is 3.20. The van der Waals surface area contributed by atoms with E-state index in [0.29, 0.717) is 19.8 Å².